The van der Waals surface area contributed by atoms with Crippen LogP contribution in [0.2, 0.25) is 0 Å². The van der Waals surface area contributed by atoms with E-state index in [-0.39, 0.29) is 22.7 Å². The number of fused-ring (bicyclic) bond motifs is 5. The maximum atomic E-state index is 13.2. The highest BCUT2D eigenvalue weighted by atomic mass is 16.4. The first-order chi connectivity index (χ1) is 11.4. The van der Waals surface area contributed by atoms with Crippen molar-refractivity contribution in [3.05, 3.63) is 11.6 Å². The number of nitrogens with zero attached hydrogens (tertiary/aromatic N) is 1. The van der Waals surface area contributed by atoms with Gasteiger partial charge >= 0.3 is 0 Å². The molecule has 0 aromatic carbocycles. The molecule has 0 aromatic heterocycles. The van der Waals surface area contributed by atoms with Crippen LogP contribution in [0.1, 0.15) is 52.4 Å². The Morgan fingerprint density at radius 1 is 1.21 bits per heavy atom. The molecular weight excluding hydrogens is 304 g/mol. The van der Waals surface area contributed by atoms with Crippen molar-refractivity contribution in [3.8, 4) is 0 Å². The van der Waals surface area contributed by atoms with Gasteiger partial charge in [0.2, 0.25) is 5.91 Å². The smallest absolute Gasteiger partial charge is 0.243 e. The molecular formula is C19H26N2O3. The second-order valence-electron chi connectivity index (χ2n) is 8.56. The van der Waals surface area contributed by atoms with Crippen LogP contribution in [0.25, 0.3) is 0 Å². The summed E-state index contributed by atoms with van der Waals surface area (Å²) in [7, 11) is 0. The molecule has 0 spiro atoms. The number of ketones is 1. The van der Waals surface area contributed by atoms with Crippen LogP contribution in [-0.2, 0) is 9.59 Å². The number of Topliss-reactive ketones (excluding diaryl/α,β-unsaturated/α-hetero) is 1. The first-order valence-corrected chi connectivity index (χ1v) is 9.13. The van der Waals surface area contributed by atoms with E-state index in [1.807, 2.05) is 0 Å². The zero-order chi connectivity index (χ0) is 17.1. The highest BCUT2D eigenvalue weighted by molar-refractivity contribution is 5.98. The molecule has 0 bridgehead atoms. The summed E-state index contributed by atoms with van der Waals surface area (Å²) in [6.45, 7) is 4.93. The van der Waals surface area contributed by atoms with Crippen molar-refractivity contribution < 1.29 is 14.8 Å². The van der Waals surface area contributed by atoms with Gasteiger partial charge in [0.25, 0.3) is 0 Å². The topological polar surface area (TPSA) is 78.8 Å². The van der Waals surface area contributed by atoms with Crippen molar-refractivity contribution in [3.63, 3.8) is 0 Å². The van der Waals surface area contributed by atoms with E-state index in [9.17, 15) is 14.8 Å². The molecule has 0 saturated heterocycles. The first kappa shape index (κ1) is 15.9. The van der Waals surface area contributed by atoms with Crippen molar-refractivity contribution in [2.75, 3.05) is 6.54 Å². The van der Waals surface area contributed by atoms with Gasteiger partial charge in [-0.05, 0) is 43.9 Å². The lowest BCUT2D eigenvalue weighted by Gasteiger charge is -2.54. The molecule has 2 N–H and O–H groups in total. The number of hydrogen-bond donors (Lipinski definition) is 2. The summed E-state index contributed by atoms with van der Waals surface area (Å²) < 4.78 is 0. The molecule has 5 atom stereocenters. The molecule has 4 rings (SSSR count). The number of nitrogens with one attached hydrogen (secondary N) is 1. The molecule has 3 aliphatic carbocycles. The van der Waals surface area contributed by atoms with Crippen LogP contribution in [0.4, 0.5) is 0 Å². The number of hydrogen-bond acceptors (Lipinski definition) is 4. The third kappa shape index (κ3) is 1.96. The summed E-state index contributed by atoms with van der Waals surface area (Å²) in [5.41, 5.74) is 1.48. The van der Waals surface area contributed by atoms with Crippen molar-refractivity contribution in [2.24, 2.45) is 33.7 Å². The lowest BCUT2D eigenvalue weighted by molar-refractivity contribution is -0.140. The predicted molar refractivity (Wildman–Crippen MR) is 89.7 cm³/mol. The minimum atomic E-state index is -0.274. The SMILES string of the molecule is C[C@]12CCNC(=O)C=C1CC[C@@H]1[C@@H]2C(=O)C[C@]2(C)/C(=N/O)CC[C@@H]12. The summed E-state index contributed by atoms with van der Waals surface area (Å²) in [4.78, 5) is 25.1. The molecule has 1 amide bonds. The van der Waals surface area contributed by atoms with Gasteiger partial charge in [-0.3, -0.25) is 9.59 Å². The van der Waals surface area contributed by atoms with Crippen LogP contribution in [0.3, 0.4) is 0 Å². The number of carbonyl (C=O) groups excluding carboxylic acids is 2. The fourth-order valence-electron chi connectivity index (χ4n) is 6.35. The van der Waals surface area contributed by atoms with Gasteiger partial charge in [-0.1, -0.05) is 24.6 Å². The minimum absolute atomic E-state index is 0.00122. The van der Waals surface area contributed by atoms with Crippen LogP contribution in [0.15, 0.2) is 16.8 Å². The number of rotatable bonds is 0. The number of oxime groups is 1. The molecule has 0 radical (unpaired) electrons. The third-order valence-corrected chi connectivity index (χ3v) is 7.54. The quantitative estimate of drug-likeness (QED) is 0.529. The molecule has 130 valence electrons. The Labute approximate surface area is 142 Å². The second kappa shape index (κ2) is 5.17. The van der Waals surface area contributed by atoms with Gasteiger partial charge in [0, 0.05) is 35.8 Å². The van der Waals surface area contributed by atoms with Crippen molar-refractivity contribution in [2.45, 2.75) is 52.4 Å². The van der Waals surface area contributed by atoms with Crippen LogP contribution >= 0.6 is 0 Å². The summed E-state index contributed by atoms with van der Waals surface area (Å²) >= 11 is 0. The van der Waals surface area contributed by atoms with E-state index in [1.165, 1.54) is 0 Å². The summed E-state index contributed by atoms with van der Waals surface area (Å²) in [6.07, 6.45) is 6.73. The van der Waals surface area contributed by atoms with E-state index in [0.717, 1.165) is 43.4 Å². The summed E-state index contributed by atoms with van der Waals surface area (Å²) in [5, 5.41) is 15.8. The standard InChI is InChI=1S/C19H26N2O3/c1-18-7-8-20-16(23)9-11(18)3-4-12-13-5-6-15(21-24)19(13,2)10-14(22)17(12)18/h9,12-13,17,24H,3-8,10H2,1-2H3,(H,20,23)/b21-15+/t12-,13-,17+,18-,19-/m0/s1. The Morgan fingerprint density at radius 3 is 2.75 bits per heavy atom. The zero-order valence-electron chi connectivity index (χ0n) is 14.5. The minimum Gasteiger partial charge on any atom is -0.411 e. The van der Waals surface area contributed by atoms with E-state index in [1.54, 1.807) is 6.08 Å². The lowest BCUT2D eigenvalue weighted by Crippen LogP contribution is -2.54. The van der Waals surface area contributed by atoms with Gasteiger partial charge in [0.1, 0.15) is 5.78 Å². The average Bonchev–Trinajstić information content (AvgIpc) is 2.76. The van der Waals surface area contributed by atoms with Gasteiger partial charge in [0.15, 0.2) is 0 Å². The van der Waals surface area contributed by atoms with Gasteiger partial charge < -0.3 is 10.5 Å². The average molecular weight is 330 g/mol. The van der Waals surface area contributed by atoms with Gasteiger partial charge in [0.05, 0.1) is 5.71 Å². The van der Waals surface area contributed by atoms with E-state index in [4.69, 9.17) is 0 Å². The Hall–Kier alpha value is -1.65. The van der Waals surface area contributed by atoms with Crippen LogP contribution in [0.5, 0.6) is 0 Å². The third-order valence-electron chi connectivity index (χ3n) is 7.54. The second-order valence-corrected chi connectivity index (χ2v) is 8.56. The molecule has 1 aliphatic heterocycles. The van der Waals surface area contributed by atoms with Crippen LogP contribution in [-0.4, -0.2) is 29.2 Å². The lowest BCUT2D eigenvalue weighted by atomic mass is 9.48. The Kier molecular flexibility index (Phi) is 3.42. The van der Waals surface area contributed by atoms with E-state index < -0.39 is 0 Å². The molecule has 4 aliphatic rings. The number of amides is 1. The maximum absolute atomic E-state index is 13.2. The molecule has 3 saturated carbocycles. The van der Waals surface area contributed by atoms with Gasteiger partial charge in [-0.15, -0.1) is 0 Å². The molecule has 24 heavy (non-hydrogen) atoms. The monoisotopic (exact) mass is 330 g/mol. The molecule has 5 heteroatoms. The van der Waals surface area contributed by atoms with Gasteiger partial charge in [-0.25, -0.2) is 0 Å². The highest BCUT2D eigenvalue weighted by Crippen LogP contribution is 2.62. The maximum Gasteiger partial charge on any atom is 0.243 e. The number of allylic oxidation sites excluding steroid dienone is 1. The largest absolute Gasteiger partial charge is 0.411 e. The molecule has 3 fully saturated rings. The predicted octanol–water partition coefficient (Wildman–Crippen LogP) is 2.68. The summed E-state index contributed by atoms with van der Waals surface area (Å²) in [5.74, 6) is 1.03. The normalized spacial score (nSPS) is 46.5. The molecule has 5 nitrogen and oxygen atoms in total. The Balaban J connectivity index is 1.76. The van der Waals surface area contributed by atoms with Crippen molar-refractivity contribution in [1.82, 2.24) is 5.32 Å². The summed E-state index contributed by atoms with van der Waals surface area (Å²) in [6, 6.07) is 0. The molecule has 0 unspecified atom stereocenters. The number of carbonyl (C=O) groups is 2. The van der Waals surface area contributed by atoms with Crippen molar-refractivity contribution >= 4 is 17.4 Å². The molecule has 1 heterocycles. The first-order valence-electron chi connectivity index (χ1n) is 9.13. The Bertz CT molecular complexity index is 668. The van der Waals surface area contributed by atoms with E-state index in [0.29, 0.717) is 30.6 Å². The zero-order valence-corrected chi connectivity index (χ0v) is 14.5. The highest BCUT2D eigenvalue weighted by Gasteiger charge is 2.61. The van der Waals surface area contributed by atoms with E-state index in [2.05, 4.69) is 24.3 Å². The fraction of sp³-hybridized carbons (Fsp3) is 0.737. The molecule has 0 aromatic rings. The van der Waals surface area contributed by atoms with Gasteiger partial charge in [-0.2, -0.15) is 0 Å². The fourth-order valence-corrected chi connectivity index (χ4v) is 6.35. The van der Waals surface area contributed by atoms with Crippen molar-refractivity contribution in [1.29, 1.82) is 0 Å². The Morgan fingerprint density at radius 2 is 2.00 bits per heavy atom. The van der Waals surface area contributed by atoms with Crippen LogP contribution < -0.4 is 5.32 Å². The van der Waals surface area contributed by atoms with Crippen LogP contribution in [0, 0.1) is 28.6 Å². The van der Waals surface area contributed by atoms with E-state index >= 15 is 0 Å².